The number of carbonyl (C=O) groups excluding carboxylic acids is 2. The molecule has 18 heavy (non-hydrogen) atoms. The molecule has 0 radical (unpaired) electrons. The first-order chi connectivity index (χ1) is 8.74. The van der Waals surface area contributed by atoms with Crippen molar-refractivity contribution in [3.63, 3.8) is 0 Å². The third-order valence-corrected chi connectivity index (χ3v) is 3.75. The van der Waals surface area contributed by atoms with Gasteiger partial charge in [0.05, 0.1) is 0 Å². The number of fused-ring (bicyclic) bond motifs is 2. The number of rotatable bonds is 2. The summed E-state index contributed by atoms with van der Waals surface area (Å²) in [5.74, 6) is 0.353. The van der Waals surface area contributed by atoms with Gasteiger partial charge in [-0.25, -0.2) is 4.79 Å². The van der Waals surface area contributed by atoms with Gasteiger partial charge in [0.1, 0.15) is 12.4 Å². The average molecular weight is 245 g/mol. The molecule has 1 saturated carbocycles. The number of Topliss-reactive ketones (excluding diaryl/α,β-unsaturated/α-hetero) is 1. The van der Waals surface area contributed by atoms with Crippen LogP contribution in [-0.4, -0.2) is 29.4 Å². The summed E-state index contributed by atoms with van der Waals surface area (Å²) in [4.78, 5) is 25.0. The lowest BCUT2D eigenvalue weighted by molar-refractivity contribution is -0.122. The molecule has 94 valence electrons. The lowest BCUT2D eigenvalue weighted by Gasteiger charge is -2.25. The largest absolute Gasteiger partial charge is 0.445 e. The summed E-state index contributed by atoms with van der Waals surface area (Å²) in [5.41, 5.74) is 0.978. The number of ketones is 1. The summed E-state index contributed by atoms with van der Waals surface area (Å²) < 4.78 is 5.28. The topological polar surface area (TPSA) is 46.6 Å². The molecule has 1 aromatic carbocycles. The first-order valence-corrected chi connectivity index (χ1v) is 6.24. The zero-order chi connectivity index (χ0) is 12.5. The van der Waals surface area contributed by atoms with E-state index in [1.54, 1.807) is 4.90 Å². The molecule has 2 fully saturated rings. The second-order valence-electron chi connectivity index (χ2n) is 4.95. The number of likely N-dealkylation sites (tertiary alicyclic amines) is 1. The second kappa shape index (κ2) is 4.44. The summed E-state index contributed by atoms with van der Waals surface area (Å²) in [6.45, 7) is 0.832. The molecule has 0 N–H and O–H groups in total. The Bertz CT molecular complexity index is 471. The summed E-state index contributed by atoms with van der Waals surface area (Å²) in [5, 5.41) is 0. The lowest BCUT2D eigenvalue weighted by atomic mass is 10.1. The number of piperidine rings is 1. The average Bonchev–Trinajstić information content (AvgIpc) is 2.96. The van der Waals surface area contributed by atoms with E-state index >= 15 is 0 Å². The van der Waals surface area contributed by atoms with Crippen LogP contribution in [0.3, 0.4) is 0 Å². The van der Waals surface area contributed by atoms with Crippen LogP contribution in [0.5, 0.6) is 0 Å². The van der Waals surface area contributed by atoms with Crippen LogP contribution in [0.25, 0.3) is 0 Å². The molecule has 1 saturated heterocycles. The van der Waals surface area contributed by atoms with E-state index in [2.05, 4.69) is 0 Å². The molecule has 4 nitrogen and oxygen atoms in total. The van der Waals surface area contributed by atoms with Gasteiger partial charge in [0.25, 0.3) is 0 Å². The van der Waals surface area contributed by atoms with Gasteiger partial charge in [-0.05, 0) is 12.0 Å². The Morgan fingerprint density at radius 2 is 2.11 bits per heavy atom. The van der Waals surface area contributed by atoms with Crippen molar-refractivity contribution in [2.45, 2.75) is 25.5 Å². The van der Waals surface area contributed by atoms with Crippen LogP contribution < -0.4 is 0 Å². The van der Waals surface area contributed by atoms with Gasteiger partial charge in [0.2, 0.25) is 0 Å². The third-order valence-electron chi connectivity index (χ3n) is 3.75. The first kappa shape index (κ1) is 11.3. The summed E-state index contributed by atoms with van der Waals surface area (Å²) >= 11 is 0. The van der Waals surface area contributed by atoms with E-state index in [0.29, 0.717) is 25.4 Å². The van der Waals surface area contributed by atoms with E-state index in [4.69, 9.17) is 4.74 Å². The van der Waals surface area contributed by atoms with Crippen molar-refractivity contribution >= 4 is 11.9 Å². The Kier molecular flexibility index (Phi) is 2.78. The van der Waals surface area contributed by atoms with Gasteiger partial charge >= 0.3 is 6.09 Å². The molecule has 0 aromatic heterocycles. The maximum atomic E-state index is 11.9. The molecule has 1 aromatic rings. The molecule has 2 aliphatic rings. The van der Waals surface area contributed by atoms with Crippen LogP contribution in [0, 0.1) is 5.92 Å². The quantitative estimate of drug-likeness (QED) is 0.800. The lowest BCUT2D eigenvalue weighted by Crippen LogP contribution is -2.40. The van der Waals surface area contributed by atoms with Gasteiger partial charge in [0.15, 0.2) is 0 Å². The zero-order valence-electron chi connectivity index (χ0n) is 10.0. The fourth-order valence-electron chi connectivity index (χ4n) is 2.77. The fraction of sp³-hybridized carbons (Fsp3) is 0.429. The Morgan fingerprint density at radius 3 is 2.72 bits per heavy atom. The van der Waals surface area contributed by atoms with Crippen molar-refractivity contribution in [2.24, 2.45) is 5.92 Å². The van der Waals surface area contributed by atoms with Gasteiger partial charge in [-0.2, -0.15) is 0 Å². The highest BCUT2D eigenvalue weighted by atomic mass is 16.6. The Hall–Kier alpha value is -1.84. The van der Waals surface area contributed by atoms with Crippen molar-refractivity contribution in [3.05, 3.63) is 35.9 Å². The van der Waals surface area contributed by atoms with Gasteiger partial charge in [-0.15, -0.1) is 0 Å². The number of ether oxygens (including phenoxy) is 1. The van der Waals surface area contributed by atoms with Crippen LogP contribution in [-0.2, 0) is 16.1 Å². The first-order valence-electron chi connectivity index (χ1n) is 6.24. The fourth-order valence-corrected chi connectivity index (χ4v) is 2.77. The number of benzene rings is 1. The van der Waals surface area contributed by atoms with Crippen molar-refractivity contribution in [3.8, 4) is 0 Å². The minimum absolute atomic E-state index is 0.0549. The Morgan fingerprint density at radius 1 is 1.33 bits per heavy atom. The van der Waals surface area contributed by atoms with E-state index in [9.17, 15) is 9.59 Å². The van der Waals surface area contributed by atoms with Crippen molar-refractivity contribution < 1.29 is 14.3 Å². The molecular formula is C14H15NO3. The second-order valence-corrected chi connectivity index (χ2v) is 4.95. The number of hydrogen-bond acceptors (Lipinski definition) is 3. The highest BCUT2D eigenvalue weighted by molar-refractivity contribution is 5.87. The van der Waals surface area contributed by atoms with Crippen LogP contribution in [0.1, 0.15) is 18.4 Å². The third kappa shape index (κ3) is 1.98. The SMILES string of the molecule is O=C1C[C@@H]2C[C@H]1CN2C(=O)OCc1ccccc1. The molecule has 1 aliphatic carbocycles. The number of nitrogens with zero attached hydrogens (tertiary/aromatic N) is 1. The number of hydrogen-bond donors (Lipinski definition) is 0. The summed E-state index contributed by atoms with van der Waals surface area (Å²) in [7, 11) is 0. The highest BCUT2D eigenvalue weighted by Crippen LogP contribution is 2.35. The van der Waals surface area contributed by atoms with E-state index in [1.807, 2.05) is 30.3 Å². The Labute approximate surface area is 106 Å². The summed E-state index contributed by atoms with van der Waals surface area (Å²) in [6.07, 6.45) is 1.03. The van der Waals surface area contributed by atoms with Gasteiger partial charge in [-0.3, -0.25) is 4.79 Å². The highest BCUT2D eigenvalue weighted by Gasteiger charge is 2.46. The van der Waals surface area contributed by atoms with E-state index in [-0.39, 0.29) is 18.1 Å². The smallest absolute Gasteiger partial charge is 0.410 e. The van der Waals surface area contributed by atoms with E-state index in [0.717, 1.165) is 12.0 Å². The molecule has 1 heterocycles. The Balaban J connectivity index is 1.56. The minimum atomic E-state index is -0.293. The molecule has 1 amide bonds. The van der Waals surface area contributed by atoms with E-state index < -0.39 is 0 Å². The molecule has 3 rings (SSSR count). The molecular weight excluding hydrogens is 230 g/mol. The van der Waals surface area contributed by atoms with Crippen LogP contribution in [0.4, 0.5) is 4.79 Å². The van der Waals surface area contributed by atoms with Gasteiger partial charge < -0.3 is 9.64 Å². The number of carbonyl (C=O) groups is 2. The molecule has 0 unspecified atom stereocenters. The monoisotopic (exact) mass is 245 g/mol. The van der Waals surface area contributed by atoms with Gasteiger partial charge in [-0.1, -0.05) is 30.3 Å². The normalized spacial score (nSPS) is 25.6. The predicted molar refractivity (Wildman–Crippen MR) is 64.9 cm³/mol. The number of amides is 1. The van der Waals surface area contributed by atoms with Crippen LogP contribution in [0.15, 0.2) is 30.3 Å². The molecule has 0 spiro atoms. The van der Waals surface area contributed by atoms with Crippen molar-refractivity contribution in [2.75, 3.05) is 6.54 Å². The van der Waals surface area contributed by atoms with E-state index in [1.165, 1.54) is 0 Å². The molecule has 2 bridgehead atoms. The van der Waals surface area contributed by atoms with Gasteiger partial charge in [0, 0.05) is 24.9 Å². The van der Waals surface area contributed by atoms with Crippen LogP contribution in [0.2, 0.25) is 0 Å². The zero-order valence-corrected chi connectivity index (χ0v) is 10.0. The van der Waals surface area contributed by atoms with Crippen LogP contribution >= 0.6 is 0 Å². The summed E-state index contributed by atoms with van der Waals surface area (Å²) in [6, 6.07) is 9.68. The van der Waals surface area contributed by atoms with Crippen molar-refractivity contribution in [1.82, 2.24) is 4.90 Å². The van der Waals surface area contributed by atoms with Crippen molar-refractivity contribution in [1.29, 1.82) is 0 Å². The molecule has 2 atom stereocenters. The standard InChI is InChI=1S/C14H15NO3/c16-13-7-12-6-11(13)8-15(12)14(17)18-9-10-4-2-1-3-5-10/h1-5,11-12H,6-9H2/t11-,12-/m0/s1. The predicted octanol–water partition coefficient (Wildman–Crippen LogP) is 1.99. The minimum Gasteiger partial charge on any atom is -0.445 e. The maximum Gasteiger partial charge on any atom is 0.410 e. The molecule has 4 heteroatoms. The maximum absolute atomic E-state index is 11.9. The molecule has 1 aliphatic heterocycles.